The van der Waals surface area contributed by atoms with Crippen molar-refractivity contribution in [3.8, 4) is 11.3 Å². The number of hydrogen-bond acceptors (Lipinski definition) is 4. The molecule has 0 bridgehead atoms. The fourth-order valence-electron chi connectivity index (χ4n) is 1.61. The van der Waals surface area contributed by atoms with Crippen LogP contribution in [0.3, 0.4) is 0 Å². The Labute approximate surface area is 122 Å². The van der Waals surface area contributed by atoms with Crippen molar-refractivity contribution in [2.45, 2.75) is 18.0 Å². The summed E-state index contributed by atoms with van der Waals surface area (Å²) in [5.41, 5.74) is 0.769. The normalized spacial score (nSPS) is 11.9. The summed E-state index contributed by atoms with van der Waals surface area (Å²) in [6.07, 6.45) is -2.68. The van der Waals surface area contributed by atoms with Crippen molar-refractivity contribution in [2.24, 2.45) is 0 Å². The SMILES string of the molecule is CSc1nc(COCC(F)(F)F)c(-c2ccc(F)cc2)o1. The van der Waals surface area contributed by atoms with Crippen LogP contribution in [-0.2, 0) is 11.3 Å². The van der Waals surface area contributed by atoms with Crippen molar-refractivity contribution < 1.29 is 26.7 Å². The Morgan fingerprint density at radius 1 is 1.24 bits per heavy atom. The van der Waals surface area contributed by atoms with Gasteiger partial charge in [0.2, 0.25) is 0 Å². The van der Waals surface area contributed by atoms with Gasteiger partial charge in [-0.25, -0.2) is 9.37 Å². The van der Waals surface area contributed by atoms with Gasteiger partial charge in [0.1, 0.15) is 18.1 Å². The molecule has 0 aliphatic rings. The second-order valence-corrected chi connectivity index (χ2v) is 4.83. The lowest BCUT2D eigenvalue weighted by molar-refractivity contribution is -0.176. The van der Waals surface area contributed by atoms with Crippen molar-refractivity contribution in [3.05, 3.63) is 35.8 Å². The third kappa shape index (κ3) is 4.47. The first-order valence-electron chi connectivity index (χ1n) is 5.83. The highest BCUT2D eigenvalue weighted by atomic mass is 32.2. The molecule has 2 rings (SSSR count). The summed E-state index contributed by atoms with van der Waals surface area (Å²) in [6, 6.07) is 5.40. The molecule has 0 saturated heterocycles. The van der Waals surface area contributed by atoms with E-state index in [-0.39, 0.29) is 18.1 Å². The van der Waals surface area contributed by atoms with E-state index in [1.807, 2.05) is 0 Å². The molecule has 1 heterocycles. The van der Waals surface area contributed by atoms with Gasteiger partial charge in [0.05, 0.1) is 6.61 Å². The summed E-state index contributed by atoms with van der Waals surface area (Å²) in [5.74, 6) is -0.139. The highest BCUT2D eigenvalue weighted by Gasteiger charge is 2.28. The van der Waals surface area contributed by atoms with Crippen LogP contribution < -0.4 is 0 Å². The fourth-order valence-corrected chi connectivity index (χ4v) is 1.97. The van der Waals surface area contributed by atoms with E-state index < -0.39 is 18.6 Å². The molecule has 8 heteroatoms. The standard InChI is InChI=1S/C13H11F4NO2S/c1-21-12-18-10(6-19-7-13(15,16)17)11(20-12)8-2-4-9(14)5-3-8/h2-5H,6-7H2,1H3. The van der Waals surface area contributed by atoms with Crippen molar-refractivity contribution in [2.75, 3.05) is 12.9 Å². The number of nitrogens with zero attached hydrogens (tertiary/aromatic N) is 1. The number of benzene rings is 1. The van der Waals surface area contributed by atoms with E-state index in [2.05, 4.69) is 9.72 Å². The maximum atomic E-state index is 12.9. The summed E-state index contributed by atoms with van der Waals surface area (Å²) < 4.78 is 59.2. The van der Waals surface area contributed by atoms with Gasteiger partial charge in [0.25, 0.3) is 5.22 Å². The van der Waals surface area contributed by atoms with Gasteiger partial charge < -0.3 is 9.15 Å². The van der Waals surface area contributed by atoms with Crippen LogP contribution in [0.1, 0.15) is 5.69 Å². The minimum atomic E-state index is -4.40. The molecule has 0 spiro atoms. The van der Waals surface area contributed by atoms with Gasteiger partial charge in [0.15, 0.2) is 5.76 Å². The molecule has 0 fully saturated rings. The van der Waals surface area contributed by atoms with Crippen molar-refractivity contribution in [3.63, 3.8) is 0 Å². The molecule has 0 aliphatic heterocycles. The number of ether oxygens (including phenoxy) is 1. The number of halogens is 4. The van der Waals surface area contributed by atoms with Gasteiger partial charge in [-0.3, -0.25) is 0 Å². The lowest BCUT2D eigenvalue weighted by Gasteiger charge is -2.06. The summed E-state index contributed by atoms with van der Waals surface area (Å²) >= 11 is 1.21. The Bertz CT molecular complexity index is 595. The van der Waals surface area contributed by atoms with Crippen molar-refractivity contribution >= 4 is 11.8 Å². The van der Waals surface area contributed by atoms with Gasteiger partial charge in [-0.1, -0.05) is 11.8 Å². The zero-order valence-electron chi connectivity index (χ0n) is 10.9. The van der Waals surface area contributed by atoms with E-state index in [1.54, 1.807) is 6.26 Å². The zero-order valence-corrected chi connectivity index (χ0v) is 11.7. The molecule has 1 aromatic heterocycles. The van der Waals surface area contributed by atoms with Crippen LogP contribution >= 0.6 is 11.8 Å². The van der Waals surface area contributed by atoms with Gasteiger partial charge in [-0.2, -0.15) is 13.2 Å². The molecule has 0 saturated carbocycles. The maximum absolute atomic E-state index is 12.9. The molecule has 3 nitrogen and oxygen atoms in total. The smallest absolute Gasteiger partial charge is 0.411 e. The predicted octanol–water partition coefficient (Wildman–Crippen LogP) is 4.28. The summed E-state index contributed by atoms with van der Waals surface area (Å²) in [6.45, 7) is -1.70. The van der Waals surface area contributed by atoms with Crippen molar-refractivity contribution in [1.29, 1.82) is 0 Å². The first kappa shape index (κ1) is 15.8. The van der Waals surface area contributed by atoms with Gasteiger partial charge >= 0.3 is 6.18 Å². The highest BCUT2D eigenvalue weighted by Crippen LogP contribution is 2.29. The van der Waals surface area contributed by atoms with Gasteiger partial charge in [-0.05, 0) is 30.5 Å². The molecule has 0 N–H and O–H groups in total. The molecular formula is C13H11F4NO2S. The Balaban J connectivity index is 2.20. The largest absolute Gasteiger partial charge is 0.431 e. The number of rotatable bonds is 5. The van der Waals surface area contributed by atoms with Gasteiger partial charge in [-0.15, -0.1) is 0 Å². The number of thioether (sulfide) groups is 1. The maximum Gasteiger partial charge on any atom is 0.411 e. The van der Waals surface area contributed by atoms with E-state index in [9.17, 15) is 17.6 Å². The van der Waals surface area contributed by atoms with E-state index in [4.69, 9.17) is 4.42 Å². The van der Waals surface area contributed by atoms with Crippen LogP contribution in [0.15, 0.2) is 33.9 Å². The fraction of sp³-hybridized carbons (Fsp3) is 0.308. The molecule has 0 aliphatic carbocycles. The molecule has 114 valence electrons. The second kappa shape index (κ2) is 6.48. The Morgan fingerprint density at radius 2 is 1.90 bits per heavy atom. The molecule has 0 atom stereocenters. The van der Waals surface area contributed by atoms with Gasteiger partial charge in [0, 0.05) is 5.56 Å². The van der Waals surface area contributed by atoms with E-state index in [0.717, 1.165) is 0 Å². The predicted molar refractivity (Wildman–Crippen MR) is 69.4 cm³/mol. The molecule has 2 aromatic rings. The van der Waals surface area contributed by atoms with Crippen LogP contribution in [-0.4, -0.2) is 24.0 Å². The molecule has 0 amide bonds. The first-order chi connectivity index (χ1) is 9.89. The average Bonchev–Trinajstić information content (AvgIpc) is 2.81. The van der Waals surface area contributed by atoms with E-state index in [0.29, 0.717) is 10.8 Å². The lowest BCUT2D eigenvalue weighted by Crippen LogP contribution is -2.16. The van der Waals surface area contributed by atoms with Crippen LogP contribution in [0.4, 0.5) is 17.6 Å². The molecule has 1 aromatic carbocycles. The zero-order chi connectivity index (χ0) is 15.5. The van der Waals surface area contributed by atoms with E-state index in [1.165, 1.54) is 36.0 Å². The summed E-state index contributed by atoms with van der Waals surface area (Å²) in [5, 5.41) is 0.305. The molecule has 0 radical (unpaired) electrons. The minimum Gasteiger partial charge on any atom is -0.431 e. The van der Waals surface area contributed by atoms with Crippen LogP contribution in [0.25, 0.3) is 11.3 Å². The molecular weight excluding hydrogens is 310 g/mol. The quantitative estimate of drug-likeness (QED) is 0.608. The highest BCUT2D eigenvalue weighted by molar-refractivity contribution is 7.98. The first-order valence-corrected chi connectivity index (χ1v) is 7.05. The van der Waals surface area contributed by atoms with Crippen LogP contribution in [0, 0.1) is 5.82 Å². The van der Waals surface area contributed by atoms with Crippen LogP contribution in [0.2, 0.25) is 0 Å². The second-order valence-electron chi connectivity index (χ2n) is 4.07. The third-order valence-corrected chi connectivity index (χ3v) is 2.99. The molecule has 0 unspecified atom stereocenters. The Morgan fingerprint density at radius 3 is 2.48 bits per heavy atom. The third-order valence-electron chi connectivity index (χ3n) is 2.46. The van der Waals surface area contributed by atoms with E-state index >= 15 is 0 Å². The number of hydrogen-bond donors (Lipinski definition) is 0. The van der Waals surface area contributed by atoms with Crippen molar-refractivity contribution in [1.82, 2.24) is 4.98 Å². The molecule has 21 heavy (non-hydrogen) atoms. The summed E-state index contributed by atoms with van der Waals surface area (Å²) in [4.78, 5) is 4.06. The average molecular weight is 321 g/mol. The number of oxazole rings is 1. The van der Waals surface area contributed by atoms with Crippen LogP contribution in [0.5, 0.6) is 0 Å². The monoisotopic (exact) mass is 321 g/mol. The Hall–Kier alpha value is -1.54. The lowest BCUT2D eigenvalue weighted by atomic mass is 10.1. The minimum absolute atomic E-state index is 0.246. The topological polar surface area (TPSA) is 35.3 Å². The number of aromatic nitrogens is 1. The Kier molecular flexibility index (Phi) is 4.89. The number of alkyl halides is 3. The summed E-state index contributed by atoms with van der Waals surface area (Å²) in [7, 11) is 0.